The van der Waals surface area contributed by atoms with Gasteiger partial charge >= 0.3 is 0 Å². The Bertz CT molecular complexity index is 337. The molecule has 1 aromatic rings. The number of benzene rings is 1. The Hall–Kier alpha value is -0.530. The van der Waals surface area contributed by atoms with E-state index in [0.717, 1.165) is 13.1 Å². The number of rotatable bonds is 1. The Morgan fingerprint density at radius 2 is 2.07 bits per heavy atom. The lowest BCUT2D eigenvalue weighted by Gasteiger charge is -2.22. The third-order valence-electron chi connectivity index (χ3n) is 3.79. The van der Waals surface area contributed by atoms with Gasteiger partial charge in [0.25, 0.3) is 0 Å². The predicted octanol–water partition coefficient (Wildman–Crippen LogP) is 2.15. The van der Waals surface area contributed by atoms with Gasteiger partial charge in [-0.15, -0.1) is 11.6 Å². The monoisotopic (exact) mass is 207 g/mol. The number of halogens is 1. The van der Waals surface area contributed by atoms with Gasteiger partial charge in [-0.2, -0.15) is 0 Å². The molecule has 1 nitrogen and oxygen atoms in total. The lowest BCUT2D eigenvalue weighted by Crippen LogP contribution is -2.31. The topological polar surface area (TPSA) is 12.0 Å². The first-order valence-corrected chi connectivity index (χ1v) is 5.69. The maximum absolute atomic E-state index is 6.41. The molecule has 2 fully saturated rings. The van der Waals surface area contributed by atoms with Crippen molar-refractivity contribution in [2.45, 2.75) is 17.2 Å². The van der Waals surface area contributed by atoms with E-state index in [1.807, 2.05) is 0 Å². The molecule has 3 rings (SSSR count). The van der Waals surface area contributed by atoms with Crippen molar-refractivity contribution in [1.82, 2.24) is 5.32 Å². The van der Waals surface area contributed by atoms with E-state index in [0.29, 0.717) is 16.7 Å². The highest BCUT2D eigenvalue weighted by molar-refractivity contribution is 6.24. The Morgan fingerprint density at radius 3 is 2.79 bits per heavy atom. The molecule has 1 heterocycles. The summed E-state index contributed by atoms with van der Waals surface area (Å²) in [6.07, 6.45) is 1.19. The Labute approximate surface area is 89.5 Å². The maximum atomic E-state index is 6.41. The zero-order valence-corrected chi connectivity index (χ0v) is 8.80. The molecule has 74 valence electrons. The van der Waals surface area contributed by atoms with E-state index in [9.17, 15) is 0 Å². The molecule has 3 atom stereocenters. The van der Waals surface area contributed by atoms with E-state index in [-0.39, 0.29) is 0 Å². The summed E-state index contributed by atoms with van der Waals surface area (Å²) in [6.45, 7) is 2.19. The summed E-state index contributed by atoms with van der Waals surface area (Å²) < 4.78 is 0. The first-order chi connectivity index (χ1) is 6.86. The van der Waals surface area contributed by atoms with Crippen LogP contribution in [-0.4, -0.2) is 18.5 Å². The fourth-order valence-electron chi connectivity index (χ4n) is 2.90. The van der Waals surface area contributed by atoms with Gasteiger partial charge in [0.05, 0.1) is 0 Å². The van der Waals surface area contributed by atoms with Gasteiger partial charge in [-0.1, -0.05) is 30.3 Å². The lowest BCUT2D eigenvalue weighted by atomic mass is 9.88. The van der Waals surface area contributed by atoms with Gasteiger partial charge in [0.15, 0.2) is 0 Å². The highest BCUT2D eigenvalue weighted by atomic mass is 35.5. The molecule has 1 aliphatic carbocycles. The molecular formula is C12H14ClN. The third kappa shape index (κ3) is 0.999. The van der Waals surface area contributed by atoms with Crippen LogP contribution < -0.4 is 5.32 Å². The highest BCUT2D eigenvalue weighted by Crippen LogP contribution is 2.60. The van der Waals surface area contributed by atoms with Gasteiger partial charge < -0.3 is 5.32 Å². The predicted molar refractivity (Wildman–Crippen MR) is 58.7 cm³/mol. The molecule has 0 aromatic heterocycles. The molecule has 2 aliphatic rings. The van der Waals surface area contributed by atoms with Crippen molar-refractivity contribution in [2.75, 3.05) is 13.1 Å². The standard InChI is InChI=1S/C12H14ClN/c13-11-10-8-14-7-6-12(10,11)9-4-2-1-3-5-9/h1-5,10-11,14H,6-8H2. The van der Waals surface area contributed by atoms with Crippen LogP contribution in [0.25, 0.3) is 0 Å². The van der Waals surface area contributed by atoms with Crippen LogP contribution >= 0.6 is 11.6 Å². The zero-order valence-electron chi connectivity index (χ0n) is 8.04. The number of hydrogen-bond acceptors (Lipinski definition) is 1. The van der Waals surface area contributed by atoms with Crippen molar-refractivity contribution in [3.05, 3.63) is 35.9 Å². The molecule has 3 unspecified atom stereocenters. The van der Waals surface area contributed by atoms with Crippen LogP contribution in [0, 0.1) is 5.92 Å². The minimum absolute atomic E-state index is 0.300. The zero-order chi connectivity index (χ0) is 9.60. The Kier molecular flexibility index (Phi) is 1.86. The molecule has 1 saturated heterocycles. The second-order valence-electron chi connectivity index (χ2n) is 4.37. The fraction of sp³-hybridized carbons (Fsp3) is 0.500. The van der Waals surface area contributed by atoms with Crippen molar-refractivity contribution < 1.29 is 0 Å². The first-order valence-electron chi connectivity index (χ1n) is 5.26. The van der Waals surface area contributed by atoms with Crippen LogP contribution in [0.2, 0.25) is 0 Å². The van der Waals surface area contributed by atoms with E-state index in [4.69, 9.17) is 11.6 Å². The van der Waals surface area contributed by atoms with Crippen LogP contribution in [0.4, 0.5) is 0 Å². The summed E-state index contributed by atoms with van der Waals surface area (Å²) >= 11 is 6.41. The second kappa shape index (κ2) is 2.98. The average molecular weight is 208 g/mol. The molecule has 0 amide bonds. The SMILES string of the molecule is ClC1C2CNCCC12c1ccccc1. The molecule has 1 N–H and O–H groups in total. The summed E-state index contributed by atoms with van der Waals surface area (Å²) in [7, 11) is 0. The van der Waals surface area contributed by atoms with Gasteiger partial charge in [-0.25, -0.2) is 0 Å². The molecule has 0 bridgehead atoms. The van der Waals surface area contributed by atoms with E-state index in [1.54, 1.807) is 0 Å². The quantitative estimate of drug-likeness (QED) is 0.696. The van der Waals surface area contributed by atoms with Gasteiger partial charge in [-0.3, -0.25) is 0 Å². The van der Waals surface area contributed by atoms with E-state index >= 15 is 0 Å². The summed E-state index contributed by atoms with van der Waals surface area (Å²) in [5.41, 5.74) is 1.74. The van der Waals surface area contributed by atoms with Gasteiger partial charge in [-0.05, 0) is 24.4 Å². The highest BCUT2D eigenvalue weighted by Gasteiger charge is 2.64. The van der Waals surface area contributed by atoms with Crippen molar-refractivity contribution in [3.63, 3.8) is 0 Å². The van der Waals surface area contributed by atoms with Crippen LogP contribution in [0.1, 0.15) is 12.0 Å². The van der Waals surface area contributed by atoms with E-state index in [1.165, 1.54) is 12.0 Å². The number of nitrogens with one attached hydrogen (secondary N) is 1. The smallest absolute Gasteiger partial charge is 0.0486 e. The Morgan fingerprint density at radius 1 is 1.29 bits per heavy atom. The van der Waals surface area contributed by atoms with Gasteiger partial charge in [0, 0.05) is 17.3 Å². The summed E-state index contributed by atoms with van der Waals surface area (Å²) in [6, 6.07) is 10.7. The van der Waals surface area contributed by atoms with Crippen molar-refractivity contribution in [1.29, 1.82) is 0 Å². The number of fused-ring (bicyclic) bond motifs is 1. The number of alkyl halides is 1. The fourth-order valence-corrected chi connectivity index (χ4v) is 3.53. The summed E-state index contributed by atoms with van der Waals surface area (Å²) in [4.78, 5) is 0. The Balaban J connectivity index is 1.98. The minimum Gasteiger partial charge on any atom is -0.316 e. The summed E-state index contributed by atoms with van der Waals surface area (Å²) in [5.74, 6) is 0.653. The second-order valence-corrected chi connectivity index (χ2v) is 4.84. The molecule has 1 saturated carbocycles. The van der Waals surface area contributed by atoms with Gasteiger partial charge in [0.1, 0.15) is 0 Å². The average Bonchev–Trinajstić information content (AvgIpc) is 2.88. The van der Waals surface area contributed by atoms with Crippen LogP contribution in [0.3, 0.4) is 0 Å². The lowest BCUT2D eigenvalue weighted by molar-refractivity contribution is 0.445. The van der Waals surface area contributed by atoms with Crippen molar-refractivity contribution in [3.8, 4) is 0 Å². The molecule has 14 heavy (non-hydrogen) atoms. The largest absolute Gasteiger partial charge is 0.316 e. The molecule has 2 heteroatoms. The summed E-state index contributed by atoms with van der Waals surface area (Å²) in [5, 5.41) is 3.76. The maximum Gasteiger partial charge on any atom is 0.0486 e. The molecule has 0 spiro atoms. The first kappa shape index (κ1) is 8.75. The van der Waals surface area contributed by atoms with Crippen LogP contribution in [-0.2, 0) is 5.41 Å². The van der Waals surface area contributed by atoms with Crippen LogP contribution in [0.5, 0.6) is 0 Å². The number of piperidine rings is 1. The minimum atomic E-state index is 0.300. The van der Waals surface area contributed by atoms with Gasteiger partial charge in [0.2, 0.25) is 0 Å². The number of hydrogen-bond donors (Lipinski definition) is 1. The van der Waals surface area contributed by atoms with Crippen molar-refractivity contribution >= 4 is 11.6 Å². The van der Waals surface area contributed by atoms with E-state index < -0.39 is 0 Å². The third-order valence-corrected chi connectivity index (χ3v) is 4.48. The molecule has 1 aromatic carbocycles. The molecule has 0 radical (unpaired) electrons. The molecular weight excluding hydrogens is 194 g/mol. The normalized spacial score (nSPS) is 40.4. The van der Waals surface area contributed by atoms with Crippen molar-refractivity contribution in [2.24, 2.45) is 5.92 Å². The molecule has 1 aliphatic heterocycles. The van der Waals surface area contributed by atoms with E-state index in [2.05, 4.69) is 35.6 Å². The van der Waals surface area contributed by atoms with Crippen LogP contribution in [0.15, 0.2) is 30.3 Å².